The van der Waals surface area contributed by atoms with Gasteiger partial charge in [-0.1, -0.05) is 48.7 Å². The van der Waals surface area contributed by atoms with Gasteiger partial charge in [-0.15, -0.1) is 0 Å². The van der Waals surface area contributed by atoms with E-state index in [-0.39, 0.29) is 6.61 Å². The lowest BCUT2D eigenvalue weighted by Crippen LogP contribution is -2.45. The lowest BCUT2D eigenvalue weighted by Gasteiger charge is -2.37. The van der Waals surface area contributed by atoms with E-state index in [1.54, 1.807) is 18.3 Å². The Kier molecular flexibility index (Phi) is 33.6. The van der Waals surface area contributed by atoms with Crippen molar-refractivity contribution >= 4 is 113 Å². The number of anilines is 3. The average Bonchev–Trinajstić information content (AvgIpc) is 3.15. The highest BCUT2D eigenvalue weighted by molar-refractivity contribution is 7.86. The van der Waals surface area contributed by atoms with Crippen molar-refractivity contribution in [1.29, 1.82) is 0 Å². The van der Waals surface area contributed by atoms with Crippen LogP contribution in [0.1, 0.15) is 86.0 Å². The van der Waals surface area contributed by atoms with E-state index in [0.29, 0.717) is 29.7 Å². The molecular formula is C64H95Cl3N14O4S. The van der Waals surface area contributed by atoms with E-state index in [4.69, 9.17) is 45.3 Å². The summed E-state index contributed by atoms with van der Waals surface area (Å²) in [5.41, 5.74) is 11.4. The normalized spacial score (nSPS) is 16.6. The molecule has 86 heavy (non-hydrogen) atoms. The summed E-state index contributed by atoms with van der Waals surface area (Å²) in [7, 11) is -3.40. The monoisotopic (exact) mass is 1260 g/mol. The summed E-state index contributed by atoms with van der Waals surface area (Å²) in [4.78, 5) is 38.3. The number of pyridine rings is 3. The first-order valence-corrected chi connectivity index (χ1v) is 33.5. The van der Waals surface area contributed by atoms with Gasteiger partial charge in [0, 0.05) is 125 Å². The molecular weight excluding hydrogens is 1170 g/mol. The van der Waals surface area contributed by atoms with Gasteiger partial charge < -0.3 is 51.8 Å². The second-order valence-corrected chi connectivity index (χ2v) is 24.3. The molecule has 0 radical (unpaired) electrons. The lowest BCUT2D eigenvalue weighted by atomic mass is 10.0. The van der Waals surface area contributed by atoms with Gasteiger partial charge in [0.05, 0.1) is 41.5 Å². The van der Waals surface area contributed by atoms with E-state index < -0.39 is 10.1 Å². The molecule has 7 heterocycles. The Morgan fingerprint density at radius 3 is 1.34 bits per heavy atom. The van der Waals surface area contributed by atoms with Crippen LogP contribution in [0.15, 0.2) is 101 Å². The summed E-state index contributed by atoms with van der Waals surface area (Å²) in [6.45, 7) is 26.0. The maximum Gasteiger partial charge on any atom is 0.264 e. The fraction of sp³-hybridized carbons (Fsp3) is 0.531. The van der Waals surface area contributed by atoms with Gasteiger partial charge in [-0.2, -0.15) is 8.42 Å². The third-order valence-electron chi connectivity index (χ3n) is 15.2. The van der Waals surface area contributed by atoms with E-state index >= 15 is 0 Å². The number of aromatic nitrogens is 3. The van der Waals surface area contributed by atoms with Gasteiger partial charge >= 0.3 is 0 Å². The Bertz CT molecular complexity index is 3060. The number of nitrogens with one attached hydrogen (secondary N) is 5. The number of nitrogens with zero attached hydrogens (tertiary/aromatic N) is 8. The molecule has 0 aliphatic carbocycles. The third kappa shape index (κ3) is 26.7. The van der Waals surface area contributed by atoms with E-state index in [1.807, 2.05) is 99.3 Å². The molecule has 4 saturated heterocycles. The first-order chi connectivity index (χ1) is 41.7. The maximum absolute atomic E-state index is 10.8. The molecule has 4 aliphatic heterocycles. The van der Waals surface area contributed by atoms with Gasteiger partial charge in [0.15, 0.2) is 0 Å². The summed E-state index contributed by atoms with van der Waals surface area (Å²) < 4.78 is 26.3. The van der Waals surface area contributed by atoms with Crippen molar-refractivity contribution in [3.05, 3.63) is 106 Å². The first-order valence-electron chi connectivity index (χ1n) is 30.6. The van der Waals surface area contributed by atoms with Crippen LogP contribution in [0.3, 0.4) is 0 Å². The number of nitrogens with two attached hydrogens (primary N) is 1. The van der Waals surface area contributed by atoms with Crippen LogP contribution in [-0.4, -0.2) is 192 Å². The van der Waals surface area contributed by atoms with E-state index in [2.05, 4.69) is 84.3 Å². The SMILES string of the molecule is CC=NC1CCN(CCNc2ccnc3cc(Cl)ccc23)CC1.CC=NC1CCNCC1.CC=O.CCN(CC)C1CCN(CCNc2ccnc3cc(Cl)ccc23)CC1.CS(=O)(=O)OCCNc1ccnc2cc(Cl)ccc12.NC1CCNCC1. The molecule has 10 rings (SSSR count). The third-order valence-corrected chi connectivity index (χ3v) is 16.5. The zero-order chi connectivity index (χ0) is 61.9. The van der Waals surface area contributed by atoms with Crippen molar-refractivity contribution in [2.24, 2.45) is 15.7 Å². The molecule has 472 valence electrons. The van der Waals surface area contributed by atoms with Crippen LogP contribution < -0.4 is 32.3 Å². The van der Waals surface area contributed by atoms with Crippen molar-refractivity contribution < 1.29 is 17.4 Å². The van der Waals surface area contributed by atoms with Crippen molar-refractivity contribution in [1.82, 2.24) is 40.3 Å². The second kappa shape index (κ2) is 40.4. The Morgan fingerprint density at radius 1 is 0.605 bits per heavy atom. The minimum absolute atomic E-state index is 0.0796. The number of halogens is 3. The quantitative estimate of drug-likeness (QED) is 0.0204. The summed E-state index contributed by atoms with van der Waals surface area (Å²) >= 11 is 18.0. The van der Waals surface area contributed by atoms with E-state index in [0.717, 1.165) is 157 Å². The van der Waals surface area contributed by atoms with Crippen molar-refractivity contribution in [2.45, 2.75) is 110 Å². The number of hydrogen-bond donors (Lipinski definition) is 6. The van der Waals surface area contributed by atoms with Crippen LogP contribution in [0.5, 0.6) is 0 Å². The maximum atomic E-state index is 10.8. The Morgan fingerprint density at radius 2 is 0.977 bits per heavy atom. The van der Waals surface area contributed by atoms with E-state index in [9.17, 15) is 8.42 Å². The number of rotatable bonds is 18. The molecule has 4 aliphatic rings. The van der Waals surface area contributed by atoms with Gasteiger partial charge in [-0.3, -0.25) is 29.1 Å². The average molecular weight is 1260 g/mol. The molecule has 0 spiro atoms. The molecule has 0 unspecified atom stereocenters. The van der Waals surface area contributed by atoms with Crippen molar-refractivity contribution in [2.75, 3.05) is 127 Å². The molecule has 22 heteroatoms. The largest absolute Gasteiger partial charge is 0.383 e. The van der Waals surface area contributed by atoms with Crippen LogP contribution in [0.4, 0.5) is 17.1 Å². The fourth-order valence-corrected chi connectivity index (χ4v) is 11.5. The number of benzene rings is 3. The van der Waals surface area contributed by atoms with Crippen LogP contribution in [0, 0.1) is 0 Å². The molecule has 6 aromatic rings. The van der Waals surface area contributed by atoms with Crippen LogP contribution in [0.2, 0.25) is 15.1 Å². The van der Waals surface area contributed by atoms with Crippen molar-refractivity contribution in [3.8, 4) is 0 Å². The summed E-state index contributed by atoms with van der Waals surface area (Å²) in [6, 6.07) is 25.4. The smallest absolute Gasteiger partial charge is 0.264 e. The number of carbonyl (C=O) groups is 1. The van der Waals surface area contributed by atoms with Crippen LogP contribution >= 0.6 is 34.8 Å². The lowest BCUT2D eigenvalue weighted by molar-refractivity contribution is -0.106. The highest BCUT2D eigenvalue weighted by Gasteiger charge is 2.23. The summed E-state index contributed by atoms with van der Waals surface area (Å²) in [6.07, 6.45) is 20.6. The van der Waals surface area contributed by atoms with E-state index in [1.165, 1.54) is 71.6 Å². The summed E-state index contributed by atoms with van der Waals surface area (Å²) in [5.74, 6) is 0. The van der Waals surface area contributed by atoms with Gasteiger partial charge in [0.2, 0.25) is 0 Å². The number of fused-ring (bicyclic) bond motifs is 3. The number of aliphatic imine (C=N–C) groups is 2. The topological polar surface area (TPSA) is 220 Å². The predicted molar refractivity (Wildman–Crippen MR) is 364 cm³/mol. The van der Waals surface area contributed by atoms with Crippen LogP contribution in [-0.2, 0) is 19.1 Å². The molecule has 0 bridgehead atoms. The Labute approximate surface area is 527 Å². The number of likely N-dealkylation sites (tertiary alicyclic amines) is 2. The number of piperidine rings is 4. The second-order valence-electron chi connectivity index (χ2n) is 21.4. The molecule has 18 nitrogen and oxygen atoms in total. The molecule has 7 N–H and O–H groups in total. The summed E-state index contributed by atoms with van der Waals surface area (Å²) in [5, 5.41) is 22.0. The molecule has 4 fully saturated rings. The zero-order valence-electron chi connectivity index (χ0n) is 51.5. The number of carbonyl (C=O) groups excluding carboxylic acids is 1. The minimum atomic E-state index is -3.40. The molecule has 0 amide bonds. The Hall–Kier alpha value is -5.16. The number of hydrogen-bond acceptors (Lipinski definition) is 18. The first kappa shape index (κ1) is 71.6. The highest BCUT2D eigenvalue weighted by atomic mass is 35.5. The highest BCUT2D eigenvalue weighted by Crippen LogP contribution is 2.27. The molecule has 3 aromatic carbocycles. The zero-order valence-corrected chi connectivity index (χ0v) is 54.6. The van der Waals surface area contributed by atoms with Gasteiger partial charge in [0.1, 0.15) is 6.29 Å². The van der Waals surface area contributed by atoms with Gasteiger partial charge in [-0.25, -0.2) is 0 Å². The molecule has 0 atom stereocenters. The Balaban J connectivity index is 0.000000205. The predicted octanol–water partition coefficient (Wildman–Crippen LogP) is 11.0. The molecule has 3 aromatic heterocycles. The fourth-order valence-electron chi connectivity index (χ4n) is 10.7. The minimum Gasteiger partial charge on any atom is -0.383 e. The van der Waals surface area contributed by atoms with Gasteiger partial charge in [-0.05, 0) is 210 Å². The van der Waals surface area contributed by atoms with Crippen LogP contribution in [0.25, 0.3) is 32.7 Å². The van der Waals surface area contributed by atoms with Crippen molar-refractivity contribution in [3.63, 3.8) is 0 Å². The van der Waals surface area contributed by atoms with Gasteiger partial charge in [0.25, 0.3) is 10.1 Å². The molecule has 0 saturated carbocycles. The number of aldehydes is 1. The standard InChI is InChI=1S/C20H29ClN4.C18H23ClN4.C12H13ClN2O3S.C7H14N2.C5H12N2.C2H4O/c1-3-25(4-2)17-8-12-24(13-9-17)14-11-23-19-7-10-22-20-15-16(21)5-6-18(19)20;1-2-20-15-6-10-23(11-7-15)12-9-22-17-5-8-21-18-13-14(19)3-4-16(17)18;1-19(16,17)18-7-6-15-11-4-5-14-12-8-9(13)2-3-10(11)12;1-2-9-7-3-5-8-6-4-7;6-5-1-3-7-4-2-5;1-2-3/h5-7,10,15,17H,3-4,8-9,11-14H2,1-2H3,(H,22,23);2-5,8,13,15H,6-7,9-12H2,1H3,(H,21,22);2-5,8H,6-7H2,1H3,(H,14,15);2,7-8H,3-6H2,1H3;5,7H,1-4,6H2;2H,1H3.